The van der Waals surface area contributed by atoms with Crippen LogP contribution in [0.25, 0.3) is 0 Å². The van der Waals surface area contributed by atoms with Gasteiger partial charge in [0.05, 0.1) is 0 Å². The van der Waals surface area contributed by atoms with Crippen molar-refractivity contribution >= 4 is 18.7 Å². The molecule has 0 spiro atoms. The monoisotopic (exact) mass is 407 g/mol. The maximum atomic E-state index is 11.3. The molecule has 1 rings (SSSR count). The van der Waals surface area contributed by atoms with Gasteiger partial charge in [0.25, 0.3) is 0 Å². The first kappa shape index (κ1) is 13.9. The molecular weight excluding hydrogens is 392 g/mol. The van der Waals surface area contributed by atoms with Crippen molar-refractivity contribution in [2.24, 2.45) is 0 Å². The fourth-order valence-corrected chi connectivity index (χ4v) is 8.39. The maximum absolute atomic E-state index is 11.3. The van der Waals surface area contributed by atoms with Gasteiger partial charge >= 0.3 is 101 Å². The summed E-state index contributed by atoms with van der Waals surface area (Å²) >= 11 is -5.25. The van der Waals surface area contributed by atoms with Gasteiger partial charge in [0.2, 0.25) is 0 Å². The first-order valence-electron chi connectivity index (χ1n) is 5.29. The molecule has 1 aliphatic rings. The van der Waals surface area contributed by atoms with Crippen molar-refractivity contribution in [3.05, 3.63) is 22.2 Å². The van der Waals surface area contributed by atoms with Crippen LogP contribution in [0.15, 0.2) is 22.2 Å². The van der Waals surface area contributed by atoms with Crippen LogP contribution in [0.5, 0.6) is 0 Å². The Morgan fingerprint density at radius 1 is 0.824 bits per heavy atom. The topological polar surface area (TPSA) is 68.3 Å². The number of allylic oxidation sites excluding steroid dienone is 4. The second-order valence-electron chi connectivity index (χ2n) is 3.93. The number of hydrogen-bond acceptors (Lipinski definition) is 4. The van der Waals surface area contributed by atoms with E-state index in [1.807, 2.05) is 12.2 Å². The van der Waals surface area contributed by atoms with E-state index >= 15 is 0 Å². The van der Waals surface area contributed by atoms with Gasteiger partial charge in [0.1, 0.15) is 0 Å². The van der Waals surface area contributed by atoms with Gasteiger partial charge in [-0.15, -0.1) is 0 Å². The molecule has 0 amide bonds. The third-order valence-corrected chi connectivity index (χ3v) is 14.7. The molecule has 0 unspecified atom stereocenters. The molecule has 0 N–H and O–H groups in total. The molecule has 17 heavy (non-hydrogen) atoms. The second kappa shape index (κ2) is 5.45. The summed E-state index contributed by atoms with van der Waals surface area (Å²) in [6.45, 7) is 0. The average molecular weight is 407 g/mol. The first-order valence-corrected chi connectivity index (χ1v) is 13.5. The van der Waals surface area contributed by atoms with Crippen molar-refractivity contribution in [1.82, 2.24) is 0 Å². The summed E-state index contributed by atoms with van der Waals surface area (Å²) in [6.07, 6.45) is 8.24. The summed E-state index contributed by atoms with van der Waals surface area (Å²) in [6, 6.07) is 0. The van der Waals surface area contributed by atoms with Crippen LogP contribution in [-0.4, -0.2) is 18.7 Å². The van der Waals surface area contributed by atoms with Gasteiger partial charge in [-0.25, -0.2) is 0 Å². The van der Waals surface area contributed by atoms with Crippen molar-refractivity contribution in [3.8, 4) is 0 Å². The number of carbonyl (C=O) groups excluding carboxylic acids is 4. The van der Waals surface area contributed by atoms with E-state index in [0.29, 0.717) is 41.9 Å². The van der Waals surface area contributed by atoms with Crippen LogP contribution < -0.4 is 0 Å². The van der Waals surface area contributed by atoms with Crippen LogP contribution in [0.2, 0.25) is 0 Å². The van der Waals surface area contributed by atoms with E-state index < -0.39 is 14.8 Å². The van der Waals surface area contributed by atoms with Crippen molar-refractivity contribution in [2.45, 2.75) is 25.7 Å². The predicted molar refractivity (Wildman–Crippen MR) is 62.7 cm³/mol. The third kappa shape index (κ3) is 2.27. The van der Waals surface area contributed by atoms with Crippen molar-refractivity contribution in [2.75, 3.05) is 0 Å². The van der Waals surface area contributed by atoms with Gasteiger partial charge in [0.15, 0.2) is 0 Å². The molecule has 0 radical (unpaired) electrons. The van der Waals surface area contributed by atoms with E-state index in [1.54, 1.807) is 6.08 Å². The van der Waals surface area contributed by atoms with Crippen LogP contribution in [0.4, 0.5) is 0 Å². The van der Waals surface area contributed by atoms with E-state index in [2.05, 4.69) is 0 Å². The molecule has 0 heterocycles. The molecule has 0 aliphatic heterocycles. The molecule has 4 nitrogen and oxygen atoms in total. The Bertz CT molecular complexity index is 365. The summed E-state index contributed by atoms with van der Waals surface area (Å²) in [4.78, 5) is 45.1. The Labute approximate surface area is 101 Å². The molecule has 0 aromatic rings. The Hall–Kier alpha value is -1.15. The number of carbonyl (C=O) groups is 4. The fraction of sp³-hybridized carbons (Fsp3) is 0.333. The molecule has 0 aromatic carbocycles. The van der Waals surface area contributed by atoms with E-state index in [9.17, 15) is 19.2 Å². The second-order valence-corrected chi connectivity index (χ2v) is 17.8. The molecule has 0 saturated heterocycles. The van der Waals surface area contributed by atoms with Crippen molar-refractivity contribution < 1.29 is 34.0 Å². The number of rotatable bonds is 5. The number of hydrogen-bond donors (Lipinski definition) is 0. The van der Waals surface area contributed by atoms with Gasteiger partial charge in [-0.3, -0.25) is 0 Å². The SMILES string of the molecule is O=[CH][W]([CH]=O)([CH]=O)([CH]=O)[C]1=CCCC=CCC1. The Morgan fingerprint density at radius 3 is 1.88 bits per heavy atom. The molecular formula is C12H15O4W. The van der Waals surface area contributed by atoms with Crippen LogP contribution in [-0.2, 0) is 34.0 Å². The third-order valence-electron chi connectivity index (χ3n) is 2.89. The van der Waals surface area contributed by atoms with E-state index in [0.717, 1.165) is 6.42 Å². The summed E-state index contributed by atoms with van der Waals surface area (Å²) in [5.41, 5.74) is 0. The van der Waals surface area contributed by atoms with Crippen LogP contribution in [0.1, 0.15) is 25.7 Å². The zero-order valence-corrected chi connectivity index (χ0v) is 12.3. The molecule has 1 aliphatic carbocycles. The van der Waals surface area contributed by atoms with E-state index in [4.69, 9.17) is 0 Å². The van der Waals surface area contributed by atoms with Gasteiger partial charge in [-0.05, 0) is 0 Å². The van der Waals surface area contributed by atoms with Gasteiger partial charge < -0.3 is 0 Å². The normalized spacial score (nSPS) is 18.8. The summed E-state index contributed by atoms with van der Waals surface area (Å²) in [7, 11) is 0. The Morgan fingerprint density at radius 2 is 1.35 bits per heavy atom. The fourth-order valence-electron chi connectivity index (χ4n) is 1.72. The van der Waals surface area contributed by atoms with Gasteiger partial charge in [-0.2, -0.15) is 0 Å². The molecule has 0 saturated carbocycles. The standard InChI is InChI=1S/C8H11.4CHO.W/c1-2-4-6-8-7-5-3-1;4*1-2;/h1-2,7H,3-6H2;4*1H;. The van der Waals surface area contributed by atoms with Gasteiger partial charge in [0, 0.05) is 0 Å². The zero-order chi connectivity index (χ0) is 12.8. The predicted octanol–water partition coefficient (Wildman–Crippen LogP) is 1.45. The van der Waals surface area contributed by atoms with Crippen LogP contribution in [0.3, 0.4) is 0 Å². The minimum atomic E-state index is -5.25. The molecule has 5 heteroatoms. The van der Waals surface area contributed by atoms with E-state index in [-0.39, 0.29) is 0 Å². The first-order chi connectivity index (χ1) is 8.17. The summed E-state index contributed by atoms with van der Waals surface area (Å²) in [5, 5.41) is 0. The zero-order valence-electron chi connectivity index (χ0n) is 9.41. The molecule has 93 valence electrons. The molecule has 0 bridgehead atoms. The van der Waals surface area contributed by atoms with Crippen LogP contribution in [0, 0.1) is 0 Å². The van der Waals surface area contributed by atoms with Crippen LogP contribution >= 0.6 is 0 Å². The van der Waals surface area contributed by atoms with Crippen molar-refractivity contribution in [3.63, 3.8) is 0 Å². The quantitative estimate of drug-likeness (QED) is 0.511. The molecule has 0 fully saturated rings. The van der Waals surface area contributed by atoms with Gasteiger partial charge in [-0.1, -0.05) is 0 Å². The molecule has 0 atom stereocenters. The average Bonchev–Trinajstić information content (AvgIpc) is 2.35. The Kier molecular flexibility index (Phi) is 4.46. The molecule has 0 aromatic heterocycles. The minimum absolute atomic E-state index is 0.351. The summed E-state index contributed by atoms with van der Waals surface area (Å²) in [5.74, 6) is 0. The van der Waals surface area contributed by atoms with Crippen molar-refractivity contribution in [1.29, 1.82) is 0 Å². The summed E-state index contributed by atoms with van der Waals surface area (Å²) < 4.78 is 1.90. The van der Waals surface area contributed by atoms with E-state index in [1.165, 1.54) is 0 Å². The Balaban J connectivity index is 3.31.